The number of amides is 3. The van der Waals surface area contributed by atoms with Crippen LogP contribution in [-0.4, -0.2) is 70.5 Å². The summed E-state index contributed by atoms with van der Waals surface area (Å²) < 4.78 is 6.26. The van der Waals surface area contributed by atoms with E-state index in [2.05, 4.69) is 37.8 Å². The number of halogens is 2. The van der Waals surface area contributed by atoms with Crippen LogP contribution in [0.2, 0.25) is 10.0 Å². The van der Waals surface area contributed by atoms with E-state index in [1.807, 2.05) is 83.5 Å². The molecule has 0 saturated carbocycles. The van der Waals surface area contributed by atoms with Gasteiger partial charge in [-0.3, -0.25) is 24.8 Å². The van der Waals surface area contributed by atoms with Gasteiger partial charge in [0, 0.05) is 48.3 Å². The van der Waals surface area contributed by atoms with Crippen LogP contribution in [0.5, 0.6) is 5.75 Å². The number of nitrogens with one attached hydrogen (secondary N) is 1. The Kier molecular flexibility index (Phi) is 11.0. The van der Waals surface area contributed by atoms with E-state index >= 15 is 0 Å². The van der Waals surface area contributed by atoms with Gasteiger partial charge >= 0.3 is 6.03 Å². The average molecular weight is 729 g/mol. The van der Waals surface area contributed by atoms with Gasteiger partial charge in [-0.2, -0.15) is 0 Å². The number of carbonyl (C=O) groups excluding carboxylic acids is 2. The van der Waals surface area contributed by atoms with Crippen LogP contribution in [0.3, 0.4) is 0 Å². The molecule has 2 aliphatic heterocycles. The van der Waals surface area contributed by atoms with Crippen LogP contribution in [0.4, 0.5) is 4.79 Å². The summed E-state index contributed by atoms with van der Waals surface area (Å²) in [5.41, 5.74) is 6.70. The number of nitrogens with zero attached hydrogens (tertiary/aromatic N) is 4. The molecule has 2 aliphatic rings. The first kappa shape index (κ1) is 36.4. The third kappa shape index (κ3) is 8.07. The van der Waals surface area contributed by atoms with Crippen LogP contribution in [0.1, 0.15) is 78.0 Å². The summed E-state index contributed by atoms with van der Waals surface area (Å²) in [5, 5.41) is 10.2. The first-order valence-corrected chi connectivity index (χ1v) is 17.9. The minimum Gasteiger partial charge on any atom is -0.493 e. The quantitative estimate of drug-likeness (QED) is 0.141. The third-order valence-electron chi connectivity index (χ3n) is 9.45. The number of amidine groups is 1. The van der Waals surface area contributed by atoms with Crippen LogP contribution in [0.25, 0.3) is 0 Å². The van der Waals surface area contributed by atoms with Gasteiger partial charge in [0.25, 0.3) is 5.91 Å². The lowest BCUT2D eigenvalue weighted by atomic mass is 9.86. The molecule has 11 heteroatoms. The van der Waals surface area contributed by atoms with Crippen molar-refractivity contribution in [2.75, 3.05) is 32.8 Å². The van der Waals surface area contributed by atoms with Gasteiger partial charge in [0.1, 0.15) is 17.6 Å². The molecular formula is C40H43Cl2N5O4. The lowest BCUT2D eigenvalue weighted by molar-refractivity contribution is 0.0706. The molecule has 2 heterocycles. The Morgan fingerprint density at radius 1 is 0.863 bits per heavy atom. The second-order valence-corrected chi connectivity index (χ2v) is 14.8. The zero-order valence-electron chi connectivity index (χ0n) is 29.3. The number of rotatable bonds is 8. The molecule has 0 bridgehead atoms. The first-order chi connectivity index (χ1) is 24.5. The Morgan fingerprint density at radius 3 is 2.04 bits per heavy atom. The minimum absolute atomic E-state index is 0.106. The van der Waals surface area contributed by atoms with E-state index < -0.39 is 18.0 Å². The highest BCUT2D eigenvalue weighted by Crippen LogP contribution is 2.46. The number of hydrogen-bond donors (Lipinski definition) is 2. The molecule has 1 saturated heterocycles. The van der Waals surface area contributed by atoms with E-state index in [1.54, 1.807) is 17.6 Å². The average Bonchev–Trinajstić information content (AvgIpc) is 3.52. The van der Waals surface area contributed by atoms with Crippen molar-refractivity contribution < 1.29 is 19.5 Å². The zero-order chi connectivity index (χ0) is 36.3. The third-order valence-corrected chi connectivity index (χ3v) is 9.95. The van der Waals surface area contributed by atoms with E-state index in [0.29, 0.717) is 66.5 Å². The molecule has 0 aliphatic carbocycles. The van der Waals surface area contributed by atoms with Crippen molar-refractivity contribution in [3.05, 3.63) is 134 Å². The fourth-order valence-corrected chi connectivity index (χ4v) is 6.89. The van der Waals surface area contributed by atoms with Crippen LogP contribution < -0.4 is 10.2 Å². The SMILES string of the molecule is CCOc1cc(C(C)(C)C)ccc1C1=NC(c2ccc(Cl)cc2)C(c2ccc(Cl)cc2)N1C(=O)N1CCN(Cc2ccc(C(=O)NO)cc2)CC1. The van der Waals surface area contributed by atoms with Gasteiger partial charge in [0.2, 0.25) is 0 Å². The van der Waals surface area contributed by atoms with E-state index in [1.165, 1.54) is 0 Å². The van der Waals surface area contributed by atoms with Crippen LogP contribution in [-0.2, 0) is 12.0 Å². The smallest absolute Gasteiger partial charge is 0.326 e. The van der Waals surface area contributed by atoms with Gasteiger partial charge in [-0.15, -0.1) is 0 Å². The first-order valence-electron chi connectivity index (χ1n) is 17.2. The molecule has 0 radical (unpaired) electrons. The number of ether oxygens (including phenoxy) is 1. The minimum atomic E-state index is -0.549. The second-order valence-electron chi connectivity index (χ2n) is 13.9. The summed E-state index contributed by atoms with van der Waals surface area (Å²) in [7, 11) is 0. The molecular weight excluding hydrogens is 685 g/mol. The van der Waals surface area contributed by atoms with Crippen LogP contribution in [0, 0.1) is 0 Å². The Labute approximate surface area is 309 Å². The molecule has 2 unspecified atom stereocenters. The Bertz CT molecular complexity index is 1880. The highest BCUT2D eigenvalue weighted by Gasteiger charge is 2.45. The summed E-state index contributed by atoms with van der Waals surface area (Å²) in [4.78, 5) is 38.1. The summed E-state index contributed by atoms with van der Waals surface area (Å²) in [6, 6.07) is 27.6. The van der Waals surface area contributed by atoms with Gasteiger partial charge in [-0.05, 0) is 83.1 Å². The molecule has 4 aromatic rings. The van der Waals surface area contributed by atoms with Crippen LogP contribution in [0.15, 0.2) is 96.0 Å². The monoisotopic (exact) mass is 727 g/mol. The van der Waals surface area contributed by atoms with Gasteiger partial charge in [-0.25, -0.2) is 10.3 Å². The molecule has 4 aromatic carbocycles. The molecule has 2 atom stereocenters. The predicted octanol–water partition coefficient (Wildman–Crippen LogP) is 8.29. The van der Waals surface area contributed by atoms with Gasteiger partial charge in [-0.1, -0.05) is 86.4 Å². The van der Waals surface area contributed by atoms with Crippen molar-refractivity contribution in [1.29, 1.82) is 0 Å². The predicted molar refractivity (Wildman–Crippen MR) is 201 cm³/mol. The molecule has 1 fully saturated rings. The largest absolute Gasteiger partial charge is 0.493 e. The number of carbonyl (C=O) groups is 2. The van der Waals surface area contributed by atoms with Crippen molar-refractivity contribution in [2.24, 2.45) is 4.99 Å². The summed E-state index contributed by atoms with van der Waals surface area (Å²) in [5.74, 6) is 0.686. The molecule has 51 heavy (non-hydrogen) atoms. The van der Waals surface area contributed by atoms with Gasteiger partial charge in [0.15, 0.2) is 0 Å². The summed E-state index contributed by atoms with van der Waals surface area (Å²) in [6.07, 6.45) is 0. The molecule has 3 amide bonds. The van der Waals surface area contributed by atoms with E-state index in [0.717, 1.165) is 27.8 Å². The molecule has 6 rings (SSSR count). The summed E-state index contributed by atoms with van der Waals surface area (Å²) >= 11 is 12.7. The van der Waals surface area contributed by atoms with Crippen molar-refractivity contribution in [3.63, 3.8) is 0 Å². The van der Waals surface area contributed by atoms with Gasteiger partial charge in [0.05, 0.1) is 18.2 Å². The highest BCUT2D eigenvalue weighted by molar-refractivity contribution is 6.30. The Balaban J connectivity index is 1.35. The summed E-state index contributed by atoms with van der Waals surface area (Å²) in [6.45, 7) is 12.0. The second kappa shape index (κ2) is 15.5. The van der Waals surface area contributed by atoms with E-state index in [9.17, 15) is 9.59 Å². The van der Waals surface area contributed by atoms with E-state index in [4.69, 9.17) is 38.1 Å². The highest BCUT2D eigenvalue weighted by atomic mass is 35.5. The number of urea groups is 1. The fourth-order valence-electron chi connectivity index (χ4n) is 6.64. The number of benzene rings is 4. The maximum Gasteiger partial charge on any atom is 0.326 e. The Morgan fingerprint density at radius 2 is 1.47 bits per heavy atom. The van der Waals surface area contributed by atoms with Crippen molar-refractivity contribution in [3.8, 4) is 5.75 Å². The maximum atomic E-state index is 15.0. The molecule has 2 N–H and O–H groups in total. The maximum absolute atomic E-state index is 15.0. The molecule has 0 aromatic heterocycles. The van der Waals surface area contributed by atoms with Crippen LogP contribution >= 0.6 is 23.2 Å². The molecule has 0 spiro atoms. The normalized spacial score (nSPS) is 18.1. The molecule has 9 nitrogen and oxygen atoms in total. The van der Waals surface area contributed by atoms with E-state index in [-0.39, 0.29) is 11.4 Å². The lowest BCUT2D eigenvalue weighted by Crippen LogP contribution is -2.54. The Hall–Kier alpha value is -4.41. The molecule has 266 valence electrons. The number of hydrogen-bond acceptors (Lipinski definition) is 6. The number of piperazine rings is 1. The van der Waals surface area contributed by atoms with Gasteiger partial charge < -0.3 is 9.64 Å². The zero-order valence-corrected chi connectivity index (χ0v) is 30.8. The number of aliphatic imine (C=N–C) groups is 1. The standard InChI is InChI=1S/C40H43Cl2N5O4/c1-5-51-34-24-30(40(2,3)4)14-19-33(34)37-43-35(27-10-15-31(41)16-11-27)36(28-12-17-32(42)18-13-28)47(37)39(49)46-22-20-45(21-23-46)25-26-6-8-29(9-7-26)38(48)44-50/h6-19,24,35-36,50H,5,20-23,25H2,1-4H3,(H,44,48). The topological polar surface area (TPSA) is 97.7 Å². The van der Waals surface area contributed by atoms with Crippen molar-refractivity contribution >= 4 is 41.0 Å². The number of hydroxylamine groups is 1. The van der Waals surface area contributed by atoms with Crippen molar-refractivity contribution in [1.82, 2.24) is 20.2 Å². The fraction of sp³-hybridized carbons (Fsp3) is 0.325. The lowest BCUT2D eigenvalue weighted by Gasteiger charge is -2.39. The van der Waals surface area contributed by atoms with Crippen molar-refractivity contribution in [2.45, 2.75) is 51.7 Å².